The van der Waals surface area contributed by atoms with E-state index in [0.29, 0.717) is 0 Å². The van der Waals surface area contributed by atoms with Crippen molar-refractivity contribution in [3.05, 3.63) is 230 Å². The van der Waals surface area contributed by atoms with Crippen LogP contribution in [0, 0.1) is 0 Å². The molecule has 0 saturated heterocycles. The fourth-order valence-electron chi connectivity index (χ4n) is 9.87. The van der Waals surface area contributed by atoms with Crippen LogP contribution in [0.1, 0.15) is 25.0 Å². The Morgan fingerprint density at radius 1 is 0.403 bits per heavy atom. The standard InChI is InChI=1S/C59H42N2S/c1-59(2)53-19-11-9-17-49(53)50-35-34-48(38-54(50)59)60(45-28-21-41(22-29-45)39-13-5-3-6-14-39)46-30-25-43(26-31-46)44-27-36-55-52(37-44)58-57(51-18-10-12-20-56(51)62-58)61(55)47-32-23-42(24-33-47)40-15-7-4-8-16-40/h3-38H,1-2H3. The number of anilines is 3. The van der Waals surface area contributed by atoms with E-state index in [1.165, 1.54) is 92.5 Å². The highest BCUT2D eigenvalue weighted by Crippen LogP contribution is 2.51. The lowest BCUT2D eigenvalue weighted by Gasteiger charge is -2.28. The minimum absolute atomic E-state index is 0.0995. The van der Waals surface area contributed by atoms with Crippen LogP contribution < -0.4 is 4.90 Å². The first kappa shape index (κ1) is 36.4. The van der Waals surface area contributed by atoms with Gasteiger partial charge in [-0.2, -0.15) is 0 Å². The van der Waals surface area contributed by atoms with Crippen molar-refractivity contribution in [3.8, 4) is 50.2 Å². The number of benzene rings is 9. The van der Waals surface area contributed by atoms with Crippen molar-refractivity contribution >= 4 is 59.6 Å². The molecule has 0 aliphatic heterocycles. The predicted molar refractivity (Wildman–Crippen MR) is 265 cm³/mol. The molecule has 0 fully saturated rings. The van der Waals surface area contributed by atoms with Crippen molar-refractivity contribution in [2.45, 2.75) is 19.3 Å². The SMILES string of the molecule is CC1(C)c2ccccc2-c2ccc(N(c3ccc(-c4ccccc4)cc3)c3ccc(-c4ccc5c(c4)c4sc6ccccc6c4n5-c4ccc(-c5ccccc5)cc4)cc3)cc21. The molecule has 2 heterocycles. The van der Waals surface area contributed by atoms with E-state index in [4.69, 9.17) is 0 Å². The zero-order valence-electron chi connectivity index (χ0n) is 34.6. The second-order valence-electron chi connectivity index (χ2n) is 17.0. The Morgan fingerprint density at radius 3 is 1.60 bits per heavy atom. The van der Waals surface area contributed by atoms with Crippen molar-refractivity contribution < 1.29 is 0 Å². The van der Waals surface area contributed by atoms with Crippen LogP contribution >= 0.6 is 11.3 Å². The van der Waals surface area contributed by atoms with E-state index in [0.717, 1.165) is 17.1 Å². The van der Waals surface area contributed by atoms with Crippen LogP contribution in [0.4, 0.5) is 17.1 Å². The lowest BCUT2D eigenvalue weighted by Crippen LogP contribution is -2.16. The minimum Gasteiger partial charge on any atom is -0.310 e. The summed E-state index contributed by atoms with van der Waals surface area (Å²) in [5, 5.41) is 2.56. The van der Waals surface area contributed by atoms with E-state index in [1.807, 2.05) is 11.3 Å². The summed E-state index contributed by atoms with van der Waals surface area (Å²) >= 11 is 1.89. The molecule has 2 aromatic heterocycles. The summed E-state index contributed by atoms with van der Waals surface area (Å²) in [4.78, 5) is 2.41. The summed E-state index contributed by atoms with van der Waals surface area (Å²) in [7, 11) is 0. The van der Waals surface area contributed by atoms with Crippen molar-refractivity contribution in [1.82, 2.24) is 4.57 Å². The van der Waals surface area contributed by atoms with E-state index in [-0.39, 0.29) is 5.41 Å². The van der Waals surface area contributed by atoms with Gasteiger partial charge < -0.3 is 9.47 Å². The molecule has 0 spiro atoms. The normalized spacial score (nSPS) is 12.8. The van der Waals surface area contributed by atoms with Gasteiger partial charge >= 0.3 is 0 Å². The quantitative estimate of drug-likeness (QED) is 0.156. The number of nitrogens with zero attached hydrogens (tertiary/aromatic N) is 2. The van der Waals surface area contributed by atoms with Gasteiger partial charge in [-0.15, -0.1) is 11.3 Å². The Balaban J connectivity index is 0.953. The highest BCUT2D eigenvalue weighted by atomic mass is 32.1. The maximum absolute atomic E-state index is 2.46. The van der Waals surface area contributed by atoms with Crippen molar-refractivity contribution in [1.29, 1.82) is 0 Å². The Labute approximate surface area is 366 Å². The molecule has 0 atom stereocenters. The van der Waals surface area contributed by atoms with E-state index < -0.39 is 0 Å². The van der Waals surface area contributed by atoms with Crippen LogP contribution in [0.3, 0.4) is 0 Å². The first-order valence-corrected chi connectivity index (χ1v) is 22.2. The molecular formula is C59H42N2S. The lowest BCUT2D eigenvalue weighted by atomic mass is 9.82. The third-order valence-corrected chi connectivity index (χ3v) is 14.2. The van der Waals surface area contributed by atoms with Crippen molar-refractivity contribution in [3.63, 3.8) is 0 Å². The highest BCUT2D eigenvalue weighted by Gasteiger charge is 2.35. The van der Waals surface area contributed by atoms with Crippen LogP contribution in [0.15, 0.2) is 218 Å². The molecule has 12 rings (SSSR count). The number of rotatable bonds is 7. The van der Waals surface area contributed by atoms with Gasteiger partial charge in [0, 0.05) is 43.6 Å². The Bertz CT molecular complexity index is 3450. The molecule has 1 aliphatic carbocycles. The Hall–Kier alpha value is -7.46. The van der Waals surface area contributed by atoms with Gasteiger partial charge in [-0.3, -0.25) is 0 Å². The molecular weight excluding hydrogens is 769 g/mol. The van der Waals surface area contributed by atoms with Gasteiger partial charge in [-0.1, -0.05) is 166 Å². The topological polar surface area (TPSA) is 8.17 Å². The Kier molecular flexibility index (Phi) is 8.41. The third-order valence-electron chi connectivity index (χ3n) is 13.0. The summed E-state index contributed by atoms with van der Waals surface area (Å²) < 4.78 is 5.08. The number of hydrogen-bond donors (Lipinski definition) is 0. The van der Waals surface area contributed by atoms with Crippen molar-refractivity contribution in [2.75, 3.05) is 4.90 Å². The van der Waals surface area contributed by atoms with Gasteiger partial charge in [0.15, 0.2) is 0 Å². The van der Waals surface area contributed by atoms with Crippen LogP contribution in [0.5, 0.6) is 0 Å². The van der Waals surface area contributed by atoms with Gasteiger partial charge in [0.2, 0.25) is 0 Å². The van der Waals surface area contributed by atoms with E-state index in [9.17, 15) is 0 Å². The summed E-state index contributed by atoms with van der Waals surface area (Å²) in [5.41, 5.74) is 19.6. The molecule has 0 unspecified atom stereocenters. The molecule has 0 amide bonds. The van der Waals surface area contributed by atoms with E-state index in [2.05, 4.69) is 242 Å². The largest absolute Gasteiger partial charge is 0.310 e. The molecule has 0 N–H and O–H groups in total. The fraction of sp³-hybridized carbons (Fsp3) is 0.0508. The van der Waals surface area contributed by atoms with E-state index >= 15 is 0 Å². The summed E-state index contributed by atoms with van der Waals surface area (Å²) in [5.74, 6) is 0. The van der Waals surface area contributed by atoms with Crippen LogP contribution in [0.25, 0.3) is 81.4 Å². The van der Waals surface area contributed by atoms with Gasteiger partial charge in [0.25, 0.3) is 0 Å². The third kappa shape index (κ3) is 5.84. The lowest BCUT2D eigenvalue weighted by molar-refractivity contribution is 0.660. The number of thiophene rings is 1. The molecule has 11 aromatic rings. The summed E-state index contributed by atoms with van der Waals surface area (Å²) in [6.45, 7) is 4.71. The smallest absolute Gasteiger partial charge is 0.0727 e. The fourth-order valence-corrected chi connectivity index (χ4v) is 11.1. The molecule has 1 aliphatic rings. The first-order chi connectivity index (χ1) is 30.5. The molecule has 0 bridgehead atoms. The molecule has 3 heteroatoms. The highest BCUT2D eigenvalue weighted by molar-refractivity contribution is 7.26. The molecule has 2 nitrogen and oxygen atoms in total. The molecule has 0 saturated carbocycles. The molecule has 9 aromatic carbocycles. The van der Waals surface area contributed by atoms with Crippen molar-refractivity contribution in [2.24, 2.45) is 0 Å². The number of aromatic nitrogens is 1. The molecule has 62 heavy (non-hydrogen) atoms. The van der Waals surface area contributed by atoms with Crippen LogP contribution in [-0.4, -0.2) is 4.57 Å². The summed E-state index contributed by atoms with van der Waals surface area (Å²) in [6, 6.07) is 80.1. The van der Waals surface area contributed by atoms with E-state index in [1.54, 1.807) is 0 Å². The summed E-state index contributed by atoms with van der Waals surface area (Å²) in [6.07, 6.45) is 0. The average Bonchev–Trinajstić information content (AvgIpc) is 3.94. The van der Waals surface area contributed by atoms with Gasteiger partial charge in [0.1, 0.15) is 0 Å². The van der Waals surface area contributed by atoms with Crippen LogP contribution in [0.2, 0.25) is 0 Å². The second kappa shape index (κ2) is 14.3. The zero-order chi connectivity index (χ0) is 41.4. The zero-order valence-corrected chi connectivity index (χ0v) is 35.4. The van der Waals surface area contributed by atoms with Gasteiger partial charge in [-0.25, -0.2) is 0 Å². The van der Waals surface area contributed by atoms with Gasteiger partial charge in [-0.05, 0) is 122 Å². The second-order valence-corrected chi connectivity index (χ2v) is 18.0. The first-order valence-electron chi connectivity index (χ1n) is 21.4. The molecule has 0 radical (unpaired) electrons. The van der Waals surface area contributed by atoms with Crippen LogP contribution in [-0.2, 0) is 5.41 Å². The predicted octanol–water partition coefficient (Wildman–Crippen LogP) is 16.8. The van der Waals surface area contributed by atoms with Gasteiger partial charge in [0.05, 0.1) is 15.7 Å². The maximum atomic E-state index is 2.46. The Morgan fingerprint density at radius 2 is 0.919 bits per heavy atom. The minimum atomic E-state index is -0.0995. The monoisotopic (exact) mass is 810 g/mol. The maximum Gasteiger partial charge on any atom is 0.0727 e. The number of fused-ring (bicyclic) bond motifs is 8. The molecule has 294 valence electrons. The number of hydrogen-bond acceptors (Lipinski definition) is 2. The average molecular weight is 811 g/mol.